The predicted molar refractivity (Wildman–Crippen MR) is 133 cm³/mol. The molecular weight excluding hydrogens is 432 g/mol. The Labute approximate surface area is 200 Å². The third-order valence-corrected chi connectivity index (χ3v) is 7.78. The molecule has 1 saturated heterocycles. The lowest BCUT2D eigenvalue weighted by Crippen LogP contribution is -2.45. The molecule has 1 unspecified atom stereocenters. The highest BCUT2D eigenvalue weighted by atomic mass is 32.2. The summed E-state index contributed by atoms with van der Waals surface area (Å²) in [4.78, 5) is 42.7. The molecule has 2 fully saturated rings. The van der Waals surface area contributed by atoms with Crippen molar-refractivity contribution in [1.82, 2.24) is 9.80 Å². The minimum Gasteiger partial charge on any atom is -0.312 e. The predicted octanol–water partition coefficient (Wildman–Crippen LogP) is 5.30. The number of hydrogen-bond acceptors (Lipinski definition) is 4. The molecule has 0 spiro atoms. The number of thioether (sulfide) groups is 1. The van der Waals surface area contributed by atoms with Crippen LogP contribution in [0.3, 0.4) is 0 Å². The van der Waals surface area contributed by atoms with Gasteiger partial charge >= 0.3 is 6.03 Å². The van der Waals surface area contributed by atoms with Crippen LogP contribution >= 0.6 is 11.8 Å². The smallest absolute Gasteiger partial charge is 0.312 e. The summed E-state index contributed by atoms with van der Waals surface area (Å²) in [5.74, 6) is 0.236. The second-order valence-electron chi connectivity index (χ2n) is 9.33. The van der Waals surface area contributed by atoms with Gasteiger partial charge < -0.3 is 4.90 Å². The molecule has 4 rings (SSSR count). The molecule has 0 bridgehead atoms. The van der Waals surface area contributed by atoms with Gasteiger partial charge in [-0.2, -0.15) is 0 Å². The van der Waals surface area contributed by atoms with Crippen molar-refractivity contribution in [2.45, 2.75) is 65.0 Å². The quantitative estimate of drug-likeness (QED) is 0.522. The Morgan fingerprint density at radius 3 is 2.30 bits per heavy atom. The van der Waals surface area contributed by atoms with Gasteiger partial charge in [0.05, 0.1) is 6.04 Å². The molecule has 3 amide bonds. The maximum Gasteiger partial charge on any atom is 0.327 e. The largest absolute Gasteiger partial charge is 0.327 e. The summed E-state index contributed by atoms with van der Waals surface area (Å²) in [5, 5.41) is -0.00481. The number of carbonyl (C=O) groups excluding carboxylic acids is 3. The fourth-order valence-corrected chi connectivity index (χ4v) is 6.33. The van der Waals surface area contributed by atoms with E-state index in [-0.39, 0.29) is 35.7 Å². The molecule has 0 aromatic heterocycles. The second kappa shape index (κ2) is 10.1. The average molecular weight is 465 g/mol. The third-order valence-electron chi connectivity index (χ3n) is 6.76. The first-order valence-corrected chi connectivity index (χ1v) is 12.7. The molecule has 2 aromatic rings. The van der Waals surface area contributed by atoms with Crippen molar-refractivity contribution in [3.63, 3.8) is 0 Å². The molecule has 33 heavy (non-hydrogen) atoms. The first kappa shape index (κ1) is 23.6. The van der Waals surface area contributed by atoms with Crippen LogP contribution in [0.5, 0.6) is 0 Å². The molecule has 174 valence electrons. The van der Waals surface area contributed by atoms with Gasteiger partial charge in [-0.1, -0.05) is 72.6 Å². The Morgan fingerprint density at radius 1 is 1.03 bits per heavy atom. The Balaban J connectivity index is 1.55. The van der Waals surface area contributed by atoms with E-state index in [1.807, 2.05) is 63.2 Å². The highest BCUT2D eigenvalue weighted by Gasteiger charge is 2.43. The molecule has 1 heterocycles. The van der Waals surface area contributed by atoms with E-state index >= 15 is 0 Å². The Hall–Kier alpha value is -2.60. The molecule has 2 aliphatic rings. The van der Waals surface area contributed by atoms with Crippen molar-refractivity contribution in [3.05, 3.63) is 70.3 Å². The van der Waals surface area contributed by atoms with E-state index in [0.29, 0.717) is 12.2 Å². The number of rotatable bonds is 7. The monoisotopic (exact) mass is 464 g/mol. The summed E-state index contributed by atoms with van der Waals surface area (Å²) in [7, 11) is 0. The first-order chi connectivity index (χ1) is 15.8. The number of imide groups is 1. The third kappa shape index (κ3) is 5.16. The van der Waals surface area contributed by atoms with Gasteiger partial charge in [-0.25, -0.2) is 4.79 Å². The van der Waals surface area contributed by atoms with E-state index in [9.17, 15) is 14.4 Å². The van der Waals surface area contributed by atoms with Crippen LogP contribution in [0.2, 0.25) is 0 Å². The highest BCUT2D eigenvalue weighted by molar-refractivity contribution is 8.14. The maximum absolute atomic E-state index is 13.3. The van der Waals surface area contributed by atoms with Crippen LogP contribution in [0.15, 0.2) is 42.5 Å². The SMILES string of the molecule is Cc1cc(C)c(C(=O)SCC(Cc2ccccc2)N2C(=O)CN(C3CCCC3)C2=O)c(C)c1. The van der Waals surface area contributed by atoms with Crippen molar-refractivity contribution >= 4 is 28.8 Å². The average Bonchev–Trinajstić information content (AvgIpc) is 3.39. The minimum absolute atomic E-state index is 0.00481. The van der Waals surface area contributed by atoms with Crippen LogP contribution in [0, 0.1) is 20.8 Å². The molecule has 1 aliphatic heterocycles. The van der Waals surface area contributed by atoms with Crippen LogP contribution in [0.1, 0.15) is 58.3 Å². The molecule has 2 aromatic carbocycles. The summed E-state index contributed by atoms with van der Waals surface area (Å²) in [6, 6.07) is 13.5. The Kier molecular flexibility index (Phi) is 7.23. The fraction of sp³-hybridized carbons (Fsp3) is 0.444. The summed E-state index contributed by atoms with van der Waals surface area (Å²) in [6.07, 6.45) is 4.69. The van der Waals surface area contributed by atoms with E-state index in [0.717, 1.165) is 53.5 Å². The lowest BCUT2D eigenvalue weighted by Gasteiger charge is -2.28. The van der Waals surface area contributed by atoms with Gasteiger partial charge in [0.15, 0.2) is 0 Å². The van der Waals surface area contributed by atoms with E-state index in [4.69, 9.17) is 0 Å². The molecule has 1 aliphatic carbocycles. The van der Waals surface area contributed by atoms with Crippen molar-refractivity contribution in [2.75, 3.05) is 12.3 Å². The number of urea groups is 1. The Bertz CT molecular complexity index is 1020. The van der Waals surface area contributed by atoms with Gasteiger partial charge in [-0.05, 0) is 56.7 Å². The van der Waals surface area contributed by atoms with Crippen LogP contribution in [0.25, 0.3) is 0 Å². The van der Waals surface area contributed by atoms with Gasteiger partial charge in [0.1, 0.15) is 6.54 Å². The molecule has 6 heteroatoms. The van der Waals surface area contributed by atoms with E-state index in [1.165, 1.54) is 16.7 Å². The molecule has 0 radical (unpaired) electrons. The highest BCUT2D eigenvalue weighted by Crippen LogP contribution is 2.30. The number of hydrogen-bond donors (Lipinski definition) is 0. The van der Waals surface area contributed by atoms with Crippen molar-refractivity contribution in [2.24, 2.45) is 0 Å². The van der Waals surface area contributed by atoms with Crippen LogP contribution in [-0.4, -0.2) is 51.2 Å². The van der Waals surface area contributed by atoms with Crippen LogP contribution in [-0.2, 0) is 11.2 Å². The number of benzene rings is 2. The first-order valence-electron chi connectivity index (χ1n) is 11.8. The molecule has 1 atom stereocenters. The topological polar surface area (TPSA) is 57.7 Å². The van der Waals surface area contributed by atoms with Crippen molar-refractivity contribution in [1.29, 1.82) is 0 Å². The summed E-state index contributed by atoms with van der Waals surface area (Å²) >= 11 is 1.21. The zero-order valence-electron chi connectivity index (χ0n) is 19.7. The zero-order chi connectivity index (χ0) is 23.5. The van der Waals surface area contributed by atoms with Gasteiger partial charge in [0.25, 0.3) is 5.91 Å². The molecule has 0 N–H and O–H groups in total. The molecular formula is C27H32N2O3S. The zero-order valence-corrected chi connectivity index (χ0v) is 20.5. The lowest BCUT2D eigenvalue weighted by atomic mass is 10.0. The standard InChI is InChI=1S/C27H32N2O3S/c1-18-13-19(2)25(20(3)14-18)26(31)33-17-23(15-21-9-5-4-6-10-21)29-24(30)16-28(27(29)32)22-11-7-8-12-22/h4-6,9-10,13-14,22-23H,7-8,11-12,15-17H2,1-3H3. The van der Waals surface area contributed by atoms with E-state index < -0.39 is 0 Å². The molecule has 5 nitrogen and oxygen atoms in total. The van der Waals surface area contributed by atoms with Gasteiger partial charge in [0, 0.05) is 17.4 Å². The normalized spacial score (nSPS) is 17.8. The van der Waals surface area contributed by atoms with E-state index in [1.54, 1.807) is 4.90 Å². The maximum atomic E-state index is 13.3. The molecule has 1 saturated carbocycles. The lowest BCUT2D eigenvalue weighted by molar-refractivity contribution is -0.126. The number of amides is 3. The van der Waals surface area contributed by atoms with Crippen molar-refractivity contribution < 1.29 is 14.4 Å². The summed E-state index contributed by atoms with van der Waals surface area (Å²) in [6.45, 7) is 6.10. The number of carbonyl (C=O) groups is 3. The summed E-state index contributed by atoms with van der Waals surface area (Å²) < 4.78 is 0. The Morgan fingerprint density at radius 2 is 1.67 bits per heavy atom. The fourth-order valence-electron chi connectivity index (χ4n) is 5.25. The van der Waals surface area contributed by atoms with Gasteiger partial charge in [0.2, 0.25) is 5.12 Å². The van der Waals surface area contributed by atoms with Gasteiger partial charge in [-0.3, -0.25) is 14.5 Å². The van der Waals surface area contributed by atoms with E-state index in [2.05, 4.69) is 0 Å². The second-order valence-corrected chi connectivity index (χ2v) is 10.3. The van der Waals surface area contributed by atoms with Crippen molar-refractivity contribution in [3.8, 4) is 0 Å². The van der Waals surface area contributed by atoms with Crippen LogP contribution in [0.4, 0.5) is 4.79 Å². The number of aryl methyl sites for hydroxylation is 3. The summed E-state index contributed by atoms with van der Waals surface area (Å²) in [5.41, 5.74) is 4.85. The van der Waals surface area contributed by atoms with Crippen LogP contribution < -0.4 is 0 Å². The van der Waals surface area contributed by atoms with Gasteiger partial charge in [-0.15, -0.1) is 0 Å². The minimum atomic E-state index is -0.362. The number of nitrogens with zero attached hydrogens (tertiary/aromatic N) is 2.